The number of hydrogen-bond acceptors (Lipinski definition) is 1. The molecule has 0 aromatic rings. The molecule has 1 atom stereocenters. The zero-order chi connectivity index (χ0) is 6.69. The van der Waals surface area contributed by atoms with Crippen molar-refractivity contribution in [2.75, 3.05) is 13.2 Å². The number of aliphatic imine (C=N–C) groups is 1. The monoisotopic (exact) mass is 133 g/mol. The van der Waals surface area contributed by atoms with E-state index in [4.69, 9.17) is 0 Å². The average Bonchev–Trinajstić information content (AvgIpc) is 2.37. The SMILES string of the molecule is FCC(F)C1=NCCC1. The Bertz CT molecular complexity index is 122. The summed E-state index contributed by atoms with van der Waals surface area (Å²) >= 11 is 0. The molecular weight excluding hydrogens is 124 g/mol. The molecule has 0 fully saturated rings. The zero-order valence-electron chi connectivity index (χ0n) is 5.11. The maximum absolute atomic E-state index is 12.3. The predicted octanol–water partition coefficient (Wildman–Crippen LogP) is 1.53. The van der Waals surface area contributed by atoms with Gasteiger partial charge in [0.2, 0.25) is 0 Å². The molecule has 0 aromatic carbocycles. The lowest BCUT2D eigenvalue weighted by atomic mass is 10.2. The second-order valence-electron chi connectivity index (χ2n) is 2.10. The van der Waals surface area contributed by atoms with Crippen LogP contribution in [0.1, 0.15) is 12.8 Å². The van der Waals surface area contributed by atoms with Gasteiger partial charge in [-0.25, -0.2) is 8.78 Å². The molecule has 1 unspecified atom stereocenters. The Balaban J connectivity index is 2.40. The van der Waals surface area contributed by atoms with E-state index < -0.39 is 12.8 Å². The highest BCUT2D eigenvalue weighted by Gasteiger charge is 2.16. The fourth-order valence-corrected chi connectivity index (χ4v) is 0.907. The molecular formula is C6H9F2N. The van der Waals surface area contributed by atoms with Gasteiger partial charge in [-0.1, -0.05) is 0 Å². The molecule has 0 amide bonds. The third-order valence-electron chi connectivity index (χ3n) is 1.40. The summed E-state index contributed by atoms with van der Waals surface area (Å²) in [6.45, 7) is -0.241. The molecule has 1 nitrogen and oxygen atoms in total. The Labute approximate surface area is 52.8 Å². The van der Waals surface area contributed by atoms with Crippen molar-refractivity contribution in [2.45, 2.75) is 19.0 Å². The van der Waals surface area contributed by atoms with Crippen molar-refractivity contribution in [2.24, 2.45) is 4.99 Å². The van der Waals surface area contributed by atoms with Crippen LogP contribution in [0, 0.1) is 0 Å². The standard InChI is InChI=1S/C6H9F2N/c7-4-5(8)6-2-1-3-9-6/h5H,1-4H2. The van der Waals surface area contributed by atoms with Crippen molar-refractivity contribution in [3.8, 4) is 0 Å². The van der Waals surface area contributed by atoms with Crippen molar-refractivity contribution in [3.05, 3.63) is 0 Å². The Morgan fingerprint density at radius 3 is 2.89 bits per heavy atom. The van der Waals surface area contributed by atoms with Gasteiger partial charge in [0.05, 0.1) is 0 Å². The van der Waals surface area contributed by atoms with Gasteiger partial charge in [-0.2, -0.15) is 0 Å². The highest BCUT2D eigenvalue weighted by atomic mass is 19.2. The lowest BCUT2D eigenvalue weighted by Crippen LogP contribution is -2.14. The van der Waals surface area contributed by atoms with E-state index in [0.29, 0.717) is 18.7 Å². The smallest absolute Gasteiger partial charge is 0.166 e. The van der Waals surface area contributed by atoms with Gasteiger partial charge in [0.1, 0.15) is 6.67 Å². The fraction of sp³-hybridized carbons (Fsp3) is 0.833. The fourth-order valence-electron chi connectivity index (χ4n) is 0.907. The molecule has 0 saturated carbocycles. The molecule has 0 aliphatic carbocycles. The molecule has 1 heterocycles. The van der Waals surface area contributed by atoms with Crippen molar-refractivity contribution in [1.29, 1.82) is 0 Å². The highest BCUT2D eigenvalue weighted by Crippen LogP contribution is 2.09. The Morgan fingerprint density at radius 2 is 2.44 bits per heavy atom. The van der Waals surface area contributed by atoms with Gasteiger partial charge >= 0.3 is 0 Å². The highest BCUT2D eigenvalue weighted by molar-refractivity contribution is 5.89. The zero-order valence-corrected chi connectivity index (χ0v) is 5.11. The second-order valence-corrected chi connectivity index (χ2v) is 2.10. The first-order valence-corrected chi connectivity index (χ1v) is 3.08. The Kier molecular flexibility index (Phi) is 2.14. The lowest BCUT2D eigenvalue weighted by molar-refractivity contribution is 0.326. The van der Waals surface area contributed by atoms with Crippen LogP contribution in [-0.4, -0.2) is 25.1 Å². The summed E-state index contributed by atoms with van der Waals surface area (Å²) in [6, 6.07) is 0. The number of hydrogen-bond donors (Lipinski definition) is 0. The van der Waals surface area contributed by atoms with Crippen LogP contribution in [0.15, 0.2) is 4.99 Å². The van der Waals surface area contributed by atoms with Crippen LogP contribution in [0.4, 0.5) is 8.78 Å². The quantitative estimate of drug-likeness (QED) is 0.541. The average molecular weight is 133 g/mol. The van der Waals surface area contributed by atoms with Gasteiger partial charge in [-0.15, -0.1) is 0 Å². The van der Waals surface area contributed by atoms with Crippen molar-refractivity contribution < 1.29 is 8.78 Å². The van der Waals surface area contributed by atoms with Crippen molar-refractivity contribution in [1.82, 2.24) is 0 Å². The van der Waals surface area contributed by atoms with Gasteiger partial charge in [-0.3, -0.25) is 4.99 Å². The maximum atomic E-state index is 12.3. The minimum atomic E-state index is -1.42. The normalized spacial score (nSPS) is 21.8. The van der Waals surface area contributed by atoms with Crippen LogP contribution in [0.3, 0.4) is 0 Å². The molecule has 0 bridgehead atoms. The van der Waals surface area contributed by atoms with Gasteiger partial charge in [0.25, 0.3) is 0 Å². The van der Waals surface area contributed by atoms with E-state index in [1.54, 1.807) is 0 Å². The molecule has 1 aliphatic rings. The van der Waals surface area contributed by atoms with Crippen molar-refractivity contribution in [3.63, 3.8) is 0 Å². The number of halogens is 2. The van der Waals surface area contributed by atoms with Gasteiger partial charge in [-0.05, 0) is 12.8 Å². The Hall–Kier alpha value is -0.470. The van der Waals surface area contributed by atoms with E-state index in [2.05, 4.69) is 4.99 Å². The van der Waals surface area contributed by atoms with E-state index in [1.165, 1.54) is 0 Å². The molecule has 0 N–H and O–H groups in total. The number of alkyl halides is 2. The van der Waals surface area contributed by atoms with Gasteiger partial charge in [0, 0.05) is 12.3 Å². The molecule has 0 aromatic heterocycles. The second kappa shape index (κ2) is 2.90. The summed E-state index contributed by atoms with van der Waals surface area (Å²) in [5.41, 5.74) is 0.414. The molecule has 9 heavy (non-hydrogen) atoms. The van der Waals surface area contributed by atoms with Crippen LogP contribution in [-0.2, 0) is 0 Å². The molecule has 0 radical (unpaired) electrons. The van der Waals surface area contributed by atoms with E-state index in [0.717, 1.165) is 6.42 Å². The first-order valence-electron chi connectivity index (χ1n) is 3.08. The van der Waals surface area contributed by atoms with E-state index >= 15 is 0 Å². The molecule has 0 saturated heterocycles. The number of nitrogens with zero attached hydrogens (tertiary/aromatic N) is 1. The van der Waals surface area contributed by atoms with Crippen LogP contribution < -0.4 is 0 Å². The van der Waals surface area contributed by atoms with Crippen LogP contribution in [0.5, 0.6) is 0 Å². The molecule has 1 rings (SSSR count). The van der Waals surface area contributed by atoms with Crippen molar-refractivity contribution >= 4 is 5.71 Å². The summed E-state index contributed by atoms with van der Waals surface area (Å²) in [5.74, 6) is 0. The minimum Gasteiger partial charge on any atom is -0.291 e. The summed E-state index contributed by atoms with van der Waals surface area (Å²) < 4.78 is 23.9. The molecule has 52 valence electrons. The first-order chi connectivity index (χ1) is 4.34. The third-order valence-corrected chi connectivity index (χ3v) is 1.40. The van der Waals surface area contributed by atoms with E-state index in [9.17, 15) is 8.78 Å². The van der Waals surface area contributed by atoms with E-state index in [-0.39, 0.29) is 0 Å². The summed E-state index contributed by atoms with van der Waals surface area (Å²) in [6.07, 6.45) is 0.105. The third kappa shape index (κ3) is 1.47. The largest absolute Gasteiger partial charge is 0.291 e. The summed E-state index contributed by atoms with van der Waals surface area (Å²) in [4.78, 5) is 3.81. The Morgan fingerprint density at radius 1 is 1.67 bits per heavy atom. The topological polar surface area (TPSA) is 12.4 Å². The van der Waals surface area contributed by atoms with Crippen LogP contribution in [0.25, 0.3) is 0 Å². The maximum Gasteiger partial charge on any atom is 0.166 e. The lowest BCUT2D eigenvalue weighted by Gasteiger charge is -1.99. The van der Waals surface area contributed by atoms with Crippen LogP contribution >= 0.6 is 0 Å². The summed E-state index contributed by atoms with van der Waals surface area (Å²) in [5, 5.41) is 0. The predicted molar refractivity (Wildman–Crippen MR) is 32.4 cm³/mol. The molecule has 1 aliphatic heterocycles. The van der Waals surface area contributed by atoms with Gasteiger partial charge in [0.15, 0.2) is 6.17 Å². The van der Waals surface area contributed by atoms with Gasteiger partial charge < -0.3 is 0 Å². The van der Waals surface area contributed by atoms with Crippen LogP contribution in [0.2, 0.25) is 0 Å². The number of rotatable bonds is 2. The molecule has 0 spiro atoms. The molecule has 3 heteroatoms. The van der Waals surface area contributed by atoms with E-state index in [1.807, 2.05) is 0 Å². The first kappa shape index (κ1) is 6.65. The minimum absolute atomic E-state index is 0.414. The summed E-state index contributed by atoms with van der Waals surface area (Å²) in [7, 11) is 0.